The zero-order valence-corrected chi connectivity index (χ0v) is 10.6. The Labute approximate surface area is 103 Å². The summed E-state index contributed by atoms with van der Waals surface area (Å²) in [5, 5.41) is 10.4. The standard InChI is InChI=1S/C16H18O/c1-11-5-4-6-14(10-11)16(17)15-8-7-12(2)9-13(15)3/h4-10,16-17H,1-3H3/t16-/m1/s1. The molecule has 2 rings (SSSR count). The monoisotopic (exact) mass is 226 g/mol. The lowest BCUT2D eigenvalue weighted by molar-refractivity contribution is 0.219. The van der Waals surface area contributed by atoms with Crippen LogP contribution in [0.1, 0.15) is 33.9 Å². The molecule has 0 spiro atoms. The molecule has 0 heterocycles. The van der Waals surface area contributed by atoms with E-state index in [0.717, 1.165) is 16.7 Å². The number of aliphatic hydroxyl groups excluding tert-OH is 1. The Morgan fingerprint density at radius 3 is 2.24 bits per heavy atom. The van der Waals surface area contributed by atoms with Crippen LogP contribution in [0.3, 0.4) is 0 Å². The van der Waals surface area contributed by atoms with Crippen LogP contribution in [0.4, 0.5) is 0 Å². The normalized spacial score (nSPS) is 12.5. The van der Waals surface area contributed by atoms with E-state index in [-0.39, 0.29) is 0 Å². The van der Waals surface area contributed by atoms with Gasteiger partial charge in [0, 0.05) is 0 Å². The highest BCUT2D eigenvalue weighted by Crippen LogP contribution is 2.25. The lowest BCUT2D eigenvalue weighted by Crippen LogP contribution is -2.02. The average molecular weight is 226 g/mol. The van der Waals surface area contributed by atoms with Crippen molar-refractivity contribution in [2.45, 2.75) is 26.9 Å². The van der Waals surface area contributed by atoms with E-state index >= 15 is 0 Å². The van der Waals surface area contributed by atoms with Gasteiger partial charge in [0.15, 0.2) is 0 Å². The van der Waals surface area contributed by atoms with Gasteiger partial charge in [-0.15, -0.1) is 0 Å². The van der Waals surface area contributed by atoms with Crippen molar-refractivity contribution < 1.29 is 5.11 Å². The van der Waals surface area contributed by atoms with Gasteiger partial charge < -0.3 is 5.11 Å². The van der Waals surface area contributed by atoms with E-state index in [1.807, 2.05) is 50.2 Å². The summed E-state index contributed by atoms with van der Waals surface area (Å²) in [5.74, 6) is 0. The third kappa shape index (κ3) is 2.56. The molecule has 2 aromatic carbocycles. The summed E-state index contributed by atoms with van der Waals surface area (Å²) in [7, 11) is 0. The zero-order chi connectivity index (χ0) is 12.4. The molecule has 0 radical (unpaired) electrons. The largest absolute Gasteiger partial charge is 0.384 e. The Bertz CT molecular complexity index is 529. The van der Waals surface area contributed by atoms with E-state index < -0.39 is 6.10 Å². The van der Waals surface area contributed by atoms with Crippen LogP contribution in [-0.4, -0.2) is 5.11 Å². The van der Waals surface area contributed by atoms with Gasteiger partial charge in [0.25, 0.3) is 0 Å². The van der Waals surface area contributed by atoms with Gasteiger partial charge in [0.2, 0.25) is 0 Å². The Morgan fingerprint density at radius 1 is 0.882 bits per heavy atom. The van der Waals surface area contributed by atoms with E-state index in [2.05, 4.69) is 13.0 Å². The molecule has 0 aliphatic heterocycles. The maximum absolute atomic E-state index is 10.4. The van der Waals surface area contributed by atoms with Gasteiger partial charge in [-0.1, -0.05) is 53.6 Å². The first-order chi connectivity index (χ1) is 8.08. The Balaban J connectivity index is 2.40. The molecule has 1 heteroatoms. The minimum atomic E-state index is -0.532. The average Bonchev–Trinajstić information content (AvgIpc) is 2.28. The highest BCUT2D eigenvalue weighted by Gasteiger charge is 2.12. The quantitative estimate of drug-likeness (QED) is 0.828. The second-order valence-electron chi connectivity index (χ2n) is 4.68. The van der Waals surface area contributed by atoms with Crippen molar-refractivity contribution in [2.75, 3.05) is 0 Å². The van der Waals surface area contributed by atoms with E-state index in [1.165, 1.54) is 11.1 Å². The first-order valence-corrected chi connectivity index (χ1v) is 5.89. The Kier molecular flexibility index (Phi) is 3.30. The summed E-state index contributed by atoms with van der Waals surface area (Å²) in [4.78, 5) is 0. The summed E-state index contributed by atoms with van der Waals surface area (Å²) < 4.78 is 0. The highest BCUT2D eigenvalue weighted by atomic mass is 16.3. The molecule has 0 aromatic heterocycles. The van der Waals surface area contributed by atoms with Crippen molar-refractivity contribution in [1.82, 2.24) is 0 Å². The Hall–Kier alpha value is -1.60. The fraction of sp³-hybridized carbons (Fsp3) is 0.250. The summed E-state index contributed by atoms with van der Waals surface area (Å²) in [6.45, 7) is 6.15. The molecule has 1 atom stereocenters. The highest BCUT2D eigenvalue weighted by molar-refractivity contribution is 5.38. The molecule has 0 saturated carbocycles. The third-order valence-electron chi connectivity index (χ3n) is 3.08. The van der Waals surface area contributed by atoms with E-state index in [1.54, 1.807) is 0 Å². The van der Waals surface area contributed by atoms with Crippen molar-refractivity contribution in [3.05, 3.63) is 70.3 Å². The summed E-state index contributed by atoms with van der Waals surface area (Å²) in [5.41, 5.74) is 5.48. The van der Waals surface area contributed by atoms with Crippen LogP contribution in [0.25, 0.3) is 0 Å². The second-order valence-corrected chi connectivity index (χ2v) is 4.68. The molecule has 1 nitrogen and oxygen atoms in total. The minimum absolute atomic E-state index is 0.532. The number of hydrogen-bond donors (Lipinski definition) is 1. The van der Waals surface area contributed by atoms with Crippen molar-refractivity contribution >= 4 is 0 Å². The molecule has 0 aliphatic rings. The molecule has 0 fully saturated rings. The summed E-state index contributed by atoms with van der Waals surface area (Å²) >= 11 is 0. The van der Waals surface area contributed by atoms with Crippen molar-refractivity contribution in [2.24, 2.45) is 0 Å². The fourth-order valence-corrected chi connectivity index (χ4v) is 2.15. The summed E-state index contributed by atoms with van der Waals surface area (Å²) in [6, 6.07) is 14.2. The van der Waals surface area contributed by atoms with Crippen LogP contribution < -0.4 is 0 Å². The molecule has 0 saturated heterocycles. The first-order valence-electron chi connectivity index (χ1n) is 5.89. The minimum Gasteiger partial charge on any atom is -0.384 e. The number of hydrogen-bond acceptors (Lipinski definition) is 1. The van der Waals surface area contributed by atoms with Gasteiger partial charge >= 0.3 is 0 Å². The first kappa shape index (κ1) is 11.9. The number of aryl methyl sites for hydroxylation is 3. The molecule has 2 aromatic rings. The van der Waals surface area contributed by atoms with Gasteiger partial charge in [-0.2, -0.15) is 0 Å². The SMILES string of the molecule is Cc1cccc([C@@H](O)c2ccc(C)cc2C)c1. The van der Waals surface area contributed by atoms with E-state index in [0.29, 0.717) is 0 Å². The van der Waals surface area contributed by atoms with E-state index in [4.69, 9.17) is 0 Å². The molecule has 0 amide bonds. The molecule has 0 bridgehead atoms. The van der Waals surface area contributed by atoms with Crippen LogP contribution in [-0.2, 0) is 0 Å². The maximum Gasteiger partial charge on any atom is 0.104 e. The molecule has 1 N–H and O–H groups in total. The van der Waals surface area contributed by atoms with Crippen LogP contribution in [0.15, 0.2) is 42.5 Å². The summed E-state index contributed by atoms with van der Waals surface area (Å²) in [6.07, 6.45) is -0.532. The van der Waals surface area contributed by atoms with Crippen LogP contribution >= 0.6 is 0 Å². The van der Waals surface area contributed by atoms with Gasteiger partial charge in [-0.25, -0.2) is 0 Å². The molecule has 0 unspecified atom stereocenters. The van der Waals surface area contributed by atoms with Crippen molar-refractivity contribution in [3.63, 3.8) is 0 Å². The van der Waals surface area contributed by atoms with Crippen molar-refractivity contribution in [3.8, 4) is 0 Å². The molecule has 88 valence electrons. The fourth-order valence-electron chi connectivity index (χ4n) is 2.15. The van der Waals surface area contributed by atoms with Crippen LogP contribution in [0.2, 0.25) is 0 Å². The van der Waals surface area contributed by atoms with Crippen molar-refractivity contribution in [1.29, 1.82) is 0 Å². The maximum atomic E-state index is 10.4. The lowest BCUT2D eigenvalue weighted by Gasteiger charge is -2.15. The molecule has 17 heavy (non-hydrogen) atoms. The second kappa shape index (κ2) is 4.72. The molecular weight excluding hydrogens is 208 g/mol. The lowest BCUT2D eigenvalue weighted by atomic mass is 9.95. The van der Waals surface area contributed by atoms with Gasteiger partial charge in [-0.05, 0) is 37.5 Å². The number of aliphatic hydroxyl groups is 1. The Morgan fingerprint density at radius 2 is 1.59 bits per heavy atom. The predicted molar refractivity (Wildman–Crippen MR) is 71.2 cm³/mol. The number of benzene rings is 2. The molecule has 0 aliphatic carbocycles. The van der Waals surface area contributed by atoms with Crippen LogP contribution in [0, 0.1) is 20.8 Å². The van der Waals surface area contributed by atoms with Crippen LogP contribution in [0.5, 0.6) is 0 Å². The van der Waals surface area contributed by atoms with Gasteiger partial charge in [-0.3, -0.25) is 0 Å². The molecular formula is C16H18O. The topological polar surface area (TPSA) is 20.2 Å². The van der Waals surface area contributed by atoms with Gasteiger partial charge in [0.05, 0.1) is 0 Å². The zero-order valence-electron chi connectivity index (χ0n) is 10.6. The van der Waals surface area contributed by atoms with Gasteiger partial charge in [0.1, 0.15) is 6.10 Å². The smallest absolute Gasteiger partial charge is 0.104 e. The number of rotatable bonds is 2. The van der Waals surface area contributed by atoms with E-state index in [9.17, 15) is 5.11 Å². The third-order valence-corrected chi connectivity index (χ3v) is 3.08. The predicted octanol–water partition coefficient (Wildman–Crippen LogP) is 3.69.